The molecule has 23 heavy (non-hydrogen) atoms. The largest absolute Gasteiger partial charge is 0.324 e. The first-order chi connectivity index (χ1) is 11.1. The van der Waals surface area contributed by atoms with Gasteiger partial charge in [-0.1, -0.05) is 24.3 Å². The molecule has 2 amide bonds. The van der Waals surface area contributed by atoms with E-state index in [4.69, 9.17) is 0 Å². The minimum Gasteiger partial charge on any atom is -0.324 e. The van der Waals surface area contributed by atoms with E-state index in [1.807, 2.05) is 18.2 Å². The molecule has 0 bridgehead atoms. The SMILES string of the molecule is O=C1CCCN1CN(C(=O)c1cccc(F)c1)c1ccccc1. The van der Waals surface area contributed by atoms with Crippen LogP contribution < -0.4 is 4.90 Å². The summed E-state index contributed by atoms with van der Waals surface area (Å²) in [5.41, 5.74) is 0.946. The first-order valence-electron chi connectivity index (χ1n) is 7.55. The zero-order valence-corrected chi connectivity index (χ0v) is 12.6. The van der Waals surface area contributed by atoms with Crippen LogP contribution in [0.1, 0.15) is 23.2 Å². The van der Waals surface area contributed by atoms with Gasteiger partial charge in [0.2, 0.25) is 5.91 Å². The molecule has 0 unspecified atom stereocenters. The van der Waals surface area contributed by atoms with Crippen molar-refractivity contribution in [1.29, 1.82) is 0 Å². The van der Waals surface area contributed by atoms with E-state index in [2.05, 4.69) is 0 Å². The Bertz CT molecular complexity index is 718. The summed E-state index contributed by atoms with van der Waals surface area (Å²) in [6.45, 7) is 0.816. The highest BCUT2D eigenvalue weighted by atomic mass is 19.1. The molecule has 0 aliphatic carbocycles. The Labute approximate surface area is 134 Å². The summed E-state index contributed by atoms with van der Waals surface area (Å²) in [7, 11) is 0. The van der Waals surface area contributed by atoms with Gasteiger partial charge in [0.05, 0.1) is 0 Å². The number of likely N-dealkylation sites (tertiary alicyclic amines) is 1. The van der Waals surface area contributed by atoms with Gasteiger partial charge < -0.3 is 4.90 Å². The molecule has 0 saturated carbocycles. The molecule has 0 aromatic heterocycles. The second kappa shape index (κ2) is 6.60. The summed E-state index contributed by atoms with van der Waals surface area (Å²) < 4.78 is 13.4. The molecule has 4 nitrogen and oxygen atoms in total. The highest BCUT2D eigenvalue weighted by Gasteiger charge is 2.26. The fraction of sp³-hybridized carbons (Fsp3) is 0.222. The van der Waals surface area contributed by atoms with Gasteiger partial charge >= 0.3 is 0 Å². The van der Waals surface area contributed by atoms with Crippen LogP contribution in [-0.2, 0) is 4.79 Å². The molecule has 1 fully saturated rings. The highest BCUT2D eigenvalue weighted by molar-refractivity contribution is 6.06. The van der Waals surface area contributed by atoms with Crippen LogP contribution in [0.3, 0.4) is 0 Å². The van der Waals surface area contributed by atoms with Crippen molar-refractivity contribution < 1.29 is 14.0 Å². The van der Waals surface area contributed by atoms with Crippen LogP contribution in [-0.4, -0.2) is 29.9 Å². The Kier molecular flexibility index (Phi) is 4.37. The lowest BCUT2D eigenvalue weighted by Gasteiger charge is -2.28. The van der Waals surface area contributed by atoms with E-state index in [0.717, 1.165) is 6.42 Å². The Morgan fingerprint density at radius 2 is 1.91 bits per heavy atom. The predicted molar refractivity (Wildman–Crippen MR) is 85.5 cm³/mol. The molecule has 5 heteroatoms. The predicted octanol–water partition coefficient (Wildman–Crippen LogP) is 3.05. The first kappa shape index (κ1) is 15.2. The summed E-state index contributed by atoms with van der Waals surface area (Å²) in [5.74, 6) is -0.741. The number of hydrogen-bond acceptors (Lipinski definition) is 2. The minimum atomic E-state index is -0.457. The second-order valence-electron chi connectivity index (χ2n) is 5.48. The molecule has 0 radical (unpaired) electrons. The van der Waals surface area contributed by atoms with Crippen molar-refractivity contribution >= 4 is 17.5 Å². The normalized spacial score (nSPS) is 14.1. The van der Waals surface area contributed by atoms with Crippen molar-refractivity contribution in [2.75, 3.05) is 18.1 Å². The fourth-order valence-electron chi connectivity index (χ4n) is 2.67. The van der Waals surface area contributed by atoms with E-state index in [1.165, 1.54) is 23.1 Å². The molecule has 0 N–H and O–H groups in total. The Balaban J connectivity index is 1.91. The van der Waals surface area contributed by atoms with Crippen LogP contribution in [0.4, 0.5) is 10.1 Å². The summed E-state index contributed by atoms with van der Waals surface area (Å²) in [6, 6.07) is 14.7. The molecule has 1 aliphatic heterocycles. The molecule has 1 aliphatic rings. The van der Waals surface area contributed by atoms with Gasteiger partial charge in [-0.25, -0.2) is 4.39 Å². The van der Waals surface area contributed by atoms with E-state index in [0.29, 0.717) is 18.7 Å². The quantitative estimate of drug-likeness (QED) is 0.870. The van der Waals surface area contributed by atoms with Crippen molar-refractivity contribution in [3.8, 4) is 0 Å². The van der Waals surface area contributed by atoms with E-state index in [1.54, 1.807) is 23.1 Å². The first-order valence-corrected chi connectivity index (χ1v) is 7.55. The average Bonchev–Trinajstić information content (AvgIpc) is 2.98. The van der Waals surface area contributed by atoms with Gasteiger partial charge in [-0.15, -0.1) is 0 Å². The Morgan fingerprint density at radius 3 is 2.57 bits per heavy atom. The standard InChI is InChI=1S/C18H17FN2O2/c19-15-7-4-6-14(12-15)18(23)21(16-8-2-1-3-9-16)13-20-11-5-10-17(20)22/h1-4,6-9,12H,5,10-11,13H2. The van der Waals surface area contributed by atoms with Crippen molar-refractivity contribution in [3.05, 3.63) is 66.0 Å². The number of para-hydroxylation sites is 1. The maximum absolute atomic E-state index is 13.4. The molecule has 118 valence electrons. The number of nitrogens with zero attached hydrogens (tertiary/aromatic N) is 2. The van der Waals surface area contributed by atoms with Gasteiger partial charge in [-0.2, -0.15) is 0 Å². The summed E-state index contributed by atoms with van der Waals surface area (Å²) >= 11 is 0. The van der Waals surface area contributed by atoms with Crippen molar-refractivity contribution in [2.24, 2.45) is 0 Å². The fourth-order valence-corrected chi connectivity index (χ4v) is 2.67. The summed E-state index contributed by atoms with van der Waals surface area (Å²) in [6.07, 6.45) is 1.31. The number of amides is 2. The number of carbonyl (C=O) groups is 2. The molecule has 1 heterocycles. The van der Waals surface area contributed by atoms with Crippen LogP contribution in [0.15, 0.2) is 54.6 Å². The number of anilines is 1. The molecule has 3 rings (SSSR count). The third-order valence-corrected chi connectivity index (χ3v) is 3.87. The Hall–Kier alpha value is -2.69. The highest BCUT2D eigenvalue weighted by Crippen LogP contribution is 2.20. The molecule has 1 saturated heterocycles. The molecule has 0 spiro atoms. The monoisotopic (exact) mass is 312 g/mol. The van der Waals surface area contributed by atoms with E-state index >= 15 is 0 Å². The molecular weight excluding hydrogens is 295 g/mol. The lowest BCUT2D eigenvalue weighted by atomic mass is 10.2. The average molecular weight is 312 g/mol. The van der Waals surface area contributed by atoms with E-state index < -0.39 is 5.82 Å². The molecule has 0 atom stereocenters. The van der Waals surface area contributed by atoms with Gasteiger partial charge in [0.25, 0.3) is 5.91 Å². The van der Waals surface area contributed by atoms with Gasteiger partial charge in [0.1, 0.15) is 12.5 Å². The number of halogens is 1. The maximum atomic E-state index is 13.4. The van der Waals surface area contributed by atoms with Gasteiger partial charge in [-0.3, -0.25) is 14.5 Å². The van der Waals surface area contributed by atoms with Crippen molar-refractivity contribution in [2.45, 2.75) is 12.8 Å². The van der Waals surface area contributed by atoms with Gasteiger partial charge in [-0.05, 0) is 36.8 Å². The van der Waals surface area contributed by atoms with E-state index in [-0.39, 0.29) is 24.0 Å². The number of carbonyl (C=O) groups excluding carboxylic acids is 2. The minimum absolute atomic E-state index is 0.0398. The second-order valence-corrected chi connectivity index (χ2v) is 5.48. The molecule has 2 aromatic rings. The number of hydrogen-bond donors (Lipinski definition) is 0. The summed E-state index contributed by atoms with van der Waals surface area (Å²) in [5, 5.41) is 0. The third-order valence-electron chi connectivity index (χ3n) is 3.87. The van der Waals surface area contributed by atoms with Crippen molar-refractivity contribution in [1.82, 2.24) is 4.90 Å². The molecular formula is C18H17FN2O2. The topological polar surface area (TPSA) is 40.6 Å². The number of benzene rings is 2. The zero-order valence-electron chi connectivity index (χ0n) is 12.6. The van der Waals surface area contributed by atoms with Gasteiger partial charge in [0.15, 0.2) is 0 Å². The van der Waals surface area contributed by atoms with E-state index in [9.17, 15) is 14.0 Å². The number of rotatable bonds is 4. The molecule has 2 aromatic carbocycles. The third kappa shape index (κ3) is 3.39. The van der Waals surface area contributed by atoms with Gasteiger partial charge in [0, 0.05) is 24.2 Å². The van der Waals surface area contributed by atoms with Crippen LogP contribution in [0.2, 0.25) is 0 Å². The van der Waals surface area contributed by atoms with Crippen LogP contribution >= 0.6 is 0 Å². The lowest BCUT2D eigenvalue weighted by Crippen LogP contribution is -2.42. The van der Waals surface area contributed by atoms with Crippen molar-refractivity contribution in [3.63, 3.8) is 0 Å². The van der Waals surface area contributed by atoms with Crippen LogP contribution in [0.25, 0.3) is 0 Å². The van der Waals surface area contributed by atoms with Crippen LogP contribution in [0, 0.1) is 5.82 Å². The van der Waals surface area contributed by atoms with Crippen LogP contribution in [0.5, 0.6) is 0 Å². The smallest absolute Gasteiger partial charge is 0.259 e. The maximum Gasteiger partial charge on any atom is 0.259 e. The summed E-state index contributed by atoms with van der Waals surface area (Å²) in [4.78, 5) is 27.9. The zero-order chi connectivity index (χ0) is 16.2. The lowest BCUT2D eigenvalue weighted by molar-refractivity contribution is -0.127. The Morgan fingerprint density at radius 1 is 1.13 bits per heavy atom.